The molecular formula is C12H12ClN3O2. The molecule has 2 aromatic rings. The molecular weight excluding hydrogens is 254 g/mol. The molecule has 18 heavy (non-hydrogen) atoms. The molecule has 1 unspecified atom stereocenters. The van der Waals surface area contributed by atoms with E-state index in [1.54, 1.807) is 25.4 Å². The third-order valence-electron chi connectivity index (χ3n) is 2.56. The van der Waals surface area contributed by atoms with Crippen molar-refractivity contribution in [1.82, 2.24) is 15.3 Å². The molecule has 1 heterocycles. The molecule has 0 saturated heterocycles. The largest absolute Gasteiger partial charge is 0.480 e. The van der Waals surface area contributed by atoms with Crippen molar-refractivity contribution >= 4 is 17.6 Å². The molecule has 0 fully saturated rings. The van der Waals surface area contributed by atoms with Gasteiger partial charge in [0.05, 0.1) is 11.9 Å². The lowest BCUT2D eigenvalue weighted by atomic mass is 10.2. The number of benzene rings is 1. The van der Waals surface area contributed by atoms with E-state index in [1.165, 1.54) is 0 Å². The van der Waals surface area contributed by atoms with Gasteiger partial charge in [-0.15, -0.1) is 0 Å². The summed E-state index contributed by atoms with van der Waals surface area (Å²) < 4.78 is 0. The van der Waals surface area contributed by atoms with Crippen molar-refractivity contribution in [3.8, 4) is 11.3 Å². The maximum absolute atomic E-state index is 11.0. The standard InChI is InChI=1S/C12H12ClN3O2/c1-14-10(12(17)18)11-15-6-9(16-11)7-2-4-8(13)5-3-7/h2-6,10,14H,1H3,(H,15,16)(H,17,18). The number of nitrogens with zero attached hydrogens (tertiary/aromatic N) is 1. The Labute approximate surface area is 109 Å². The number of carboxylic acids is 1. The minimum Gasteiger partial charge on any atom is -0.480 e. The van der Waals surface area contributed by atoms with Crippen LogP contribution in [-0.2, 0) is 4.79 Å². The fourth-order valence-corrected chi connectivity index (χ4v) is 1.76. The van der Waals surface area contributed by atoms with E-state index in [4.69, 9.17) is 16.7 Å². The Kier molecular flexibility index (Phi) is 3.64. The first-order valence-corrected chi connectivity index (χ1v) is 5.70. The van der Waals surface area contributed by atoms with Crippen LogP contribution in [0.15, 0.2) is 30.5 Å². The number of likely N-dealkylation sites (N-methyl/N-ethyl adjacent to an activating group) is 1. The van der Waals surface area contributed by atoms with Gasteiger partial charge in [-0.3, -0.25) is 4.79 Å². The third kappa shape index (κ3) is 2.52. The fraction of sp³-hybridized carbons (Fsp3) is 0.167. The van der Waals surface area contributed by atoms with Crippen LogP contribution in [0.3, 0.4) is 0 Å². The summed E-state index contributed by atoms with van der Waals surface area (Å²) >= 11 is 5.81. The molecule has 0 radical (unpaired) electrons. The highest BCUT2D eigenvalue weighted by atomic mass is 35.5. The van der Waals surface area contributed by atoms with Crippen molar-refractivity contribution in [3.05, 3.63) is 41.3 Å². The highest BCUT2D eigenvalue weighted by Gasteiger charge is 2.20. The quantitative estimate of drug-likeness (QED) is 0.791. The Hall–Kier alpha value is -1.85. The van der Waals surface area contributed by atoms with Crippen molar-refractivity contribution in [2.45, 2.75) is 6.04 Å². The van der Waals surface area contributed by atoms with Gasteiger partial charge in [-0.2, -0.15) is 0 Å². The first-order chi connectivity index (χ1) is 8.61. The van der Waals surface area contributed by atoms with Crippen LogP contribution in [0.1, 0.15) is 11.9 Å². The van der Waals surface area contributed by atoms with Crippen LogP contribution in [0.25, 0.3) is 11.3 Å². The molecule has 0 aliphatic heterocycles. The minimum absolute atomic E-state index is 0.370. The zero-order chi connectivity index (χ0) is 13.1. The van der Waals surface area contributed by atoms with E-state index in [2.05, 4.69) is 15.3 Å². The van der Waals surface area contributed by atoms with Crippen molar-refractivity contribution in [2.75, 3.05) is 7.05 Å². The monoisotopic (exact) mass is 265 g/mol. The van der Waals surface area contributed by atoms with Gasteiger partial charge < -0.3 is 15.4 Å². The molecule has 94 valence electrons. The summed E-state index contributed by atoms with van der Waals surface area (Å²) in [7, 11) is 1.57. The molecule has 3 N–H and O–H groups in total. The second kappa shape index (κ2) is 5.20. The van der Waals surface area contributed by atoms with Crippen LogP contribution < -0.4 is 5.32 Å². The normalized spacial score (nSPS) is 12.3. The highest BCUT2D eigenvalue weighted by molar-refractivity contribution is 6.30. The second-order valence-electron chi connectivity index (χ2n) is 3.75. The average molecular weight is 266 g/mol. The van der Waals surface area contributed by atoms with Gasteiger partial charge in [0.2, 0.25) is 0 Å². The highest BCUT2D eigenvalue weighted by Crippen LogP contribution is 2.21. The zero-order valence-electron chi connectivity index (χ0n) is 9.64. The number of halogens is 1. The van der Waals surface area contributed by atoms with Crippen molar-refractivity contribution in [2.24, 2.45) is 0 Å². The van der Waals surface area contributed by atoms with E-state index in [0.717, 1.165) is 11.3 Å². The lowest BCUT2D eigenvalue weighted by molar-refractivity contribution is -0.139. The lowest BCUT2D eigenvalue weighted by Crippen LogP contribution is -2.26. The number of imidazole rings is 1. The average Bonchev–Trinajstić information content (AvgIpc) is 2.80. The topological polar surface area (TPSA) is 78.0 Å². The summed E-state index contributed by atoms with van der Waals surface area (Å²) in [6.07, 6.45) is 1.60. The molecule has 0 spiro atoms. The van der Waals surface area contributed by atoms with Gasteiger partial charge in [0.15, 0.2) is 6.04 Å². The Bertz CT molecular complexity index is 551. The van der Waals surface area contributed by atoms with Crippen molar-refractivity contribution < 1.29 is 9.90 Å². The van der Waals surface area contributed by atoms with E-state index >= 15 is 0 Å². The van der Waals surface area contributed by atoms with E-state index in [1.807, 2.05) is 12.1 Å². The number of H-pyrrole nitrogens is 1. The summed E-state index contributed by atoms with van der Waals surface area (Å²) in [4.78, 5) is 18.0. The number of aromatic nitrogens is 2. The number of aromatic amines is 1. The molecule has 0 bridgehead atoms. The predicted molar refractivity (Wildman–Crippen MR) is 68.5 cm³/mol. The summed E-state index contributed by atoms with van der Waals surface area (Å²) in [5, 5.41) is 12.3. The molecule has 5 nitrogen and oxygen atoms in total. The van der Waals surface area contributed by atoms with Crippen molar-refractivity contribution in [3.63, 3.8) is 0 Å². The summed E-state index contributed by atoms with van der Waals surface area (Å²) in [5.74, 6) is -0.607. The number of aliphatic carboxylic acids is 1. The van der Waals surface area contributed by atoms with Gasteiger partial charge in [0.25, 0.3) is 0 Å². The molecule has 0 aliphatic carbocycles. The third-order valence-corrected chi connectivity index (χ3v) is 2.81. The van der Waals surface area contributed by atoms with Gasteiger partial charge in [0.1, 0.15) is 5.82 Å². The number of carboxylic acid groups (broad SMARTS) is 1. The van der Waals surface area contributed by atoms with Crippen LogP contribution in [0.5, 0.6) is 0 Å². The Morgan fingerprint density at radius 2 is 2.11 bits per heavy atom. The zero-order valence-corrected chi connectivity index (χ0v) is 10.4. The molecule has 0 aliphatic rings. The number of rotatable bonds is 4. The Morgan fingerprint density at radius 1 is 1.44 bits per heavy atom. The van der Waals surface area contributed by atoms with E-state index in [9.17, 15) is 4.79 Å². The first kappa shape index (κ1) is 12.6. The minimum atomic E-state index is -0.977. The van der Waals surface area contributed by atoms with Gasteiger partial charge in [-0.1, -0.05) is 23.7 Å². The maximum Gasteiger partial charge on any atom is 0.328 e. The summed E-state index contributed by atoms with van der Waals surface area (Å²) in [6, 6.07) is 6.38. The Balaban J connectivity index is 2.30. The Morgan fingerprint density at radius 3 is 2.67 bits per heavy atom. The molecule has 0 amide bonds. The second-order valence-corrected chi connectivity index (χ2v) is 4.19. The van der Waals surface area contributed by atoms with Gasteiger partial charge in [-0.05, 0) is 24.7 Å². The summed E-state index contributed by atoms with van der Waals surface area (Å²) in [6.45, 7) is 0. The van der Waals surface area contributed by atoms with E-state index in [-0.39, 0.29) is 0 Å². The first-order valence-electron chi connectivity index (χ1n) is 5.32. The molecule has 0 saturated carbocycles. The number of hydrogen-bond acceptors (Lipinski definition) is 3. The van der Waals surface area contributed by atoms with Gasteiger partial charge in [0, 0.05) is 5.02 Å². The maximum atomic E-state index is 11.0. The van der Waals surface area contributed by atoms with Crippen LogP contribution in [0.4, 0.5) is 0 Å². The van der Waals surface area contributed by atoms with E-state index < -0.39 is 12.0 Å². The van der Waals surface area contributed by atoms with Gasteiger partial charge >= 0.3 is 5.97 Å². The van der Waals surface area contributed by atoms with Crippen molar-refractivity contribution in [1.29, 1.82) is 0 Å². The number of nitrogens with one attached hydrogen (secondary N) is 2. The van der Waals surface area contributed by atoms with Crippen LogP contribution >= 0.6 is 11.6 Å². The summed E-state index contributed by atoms with van der Waals surface area (Å²) in [5.41, 5.74) is 1.65. The molecule has 1 aromatic carbocycles. The van der Waals surface area contributed by atoms with Crippen LogP contribution in [0, 0.1) is 0 Å². The fourth-order valence-electron chi connectivity index (χ4n) is 1.64. The SMILES string of the molecule is CNC(C(=O)O)c1ncc(-c2ccc(Cl)cc2)[nH]1. The lowest BCUT2D eigenvalue weighted by Gasteiger charge is -2.07. The number of carbonyl (C=O) groups is 1. The van der Waals surface area contributed by atoms with E-state index in [0.29, 0.717) is 10.8 Å². The number of hydrogen-bond donors (Lipinski definition) is 3. The molecule has 6 heteroatoms. The van der Waals surface area contributed by atoms with Crippen LogP contribution in [-0.4, -0.2) is 28.1 Å². The smallest absolute Gasteiger partial charge is 0.328 e. The van der Waals surface area contributed by atoms with Gasteiger partial charge in [-0.25, -0.2) is 4.98 Å². The molecule has 1 aromatic heterocycles. The predicted octanol–water partition coefficient (Wildman–Crippen LogP) is 2.08. The molecule has 2 rings (SSSR count). The molecule has 1 atom stereocenters. The van der Waals surface area contributed by atoms with Crippen LogP contribution in [0.2, 0.25) is 5.02 Å².